The van der Waals surface area contributed by atoms with Gasteiger partial charge in [0.15, 0.2) is 0 Å². The minimum atomic E-state index is 0.555. The molecular formula is C17H35N3. The van der Waals surface area contributed by atoms with Crippen molar-refractivity contribution >= 4 is 0 Å². The summed E-state index contributed by atoms with van der Waals surface area (Å²) in [6, 6.07) is 0.775. The molecule has 118 valence electrons. The van der Waals surface area contributed by atoms with Crippen LogP contribution in [0.1, 0.15) is 51.9 Å². The summed E-state index contributed by atoms with van der Waals surface area (Å²) in [5.41, 5.74) is 0.555. The molecule has 0 radical (unpaired) electrons. The van der Waals surface area contributed by atoms with Crippen LogP contribution in [0.3, 0.4) is 0 Å². The fourth-order valence-corrected chi connectivity index (χ4v) is 4.20. The van der Waals surface area contributed by atoms with Gasteiger partial charge in [-0.1, -0.05) is 19.8 Å². The molecule has 1 saturated carbocycles. The van der Waals surface area contributed by atoms with Crippen molar-refractivity contribution in [3.8, 4) is 0 Å². The van der Waals surface area contributed by atoms with Crippen molar-refractivity contribution in [1.29, 1.82) is 0 Å². The highest BCUT2D eigenvalue weighted by molar-refractivity contribution is 4.91. The first-order valence-corrected chi connectivity index (χ1v) is 8.75. The molecule has 1 atom stereocenters. The zero-order valence-corrected chi connectivity index (χ0v) is 14.0. The molecule has 0 spiro atoms. The molecule has 1 saturated heterocycles. The third kappa shape index (κ3) is 4.44. The van der Waals surface area contributed by atoms with Gasteiger partial charge < -0.3 is 15.1 Å². The molecular weight excluding hydrogens is 246 g/mol. The lowest BCUT2D eigenvalue weighted by molar-refractivity contribution is 0.0872. The van der Waals surface area contributed by atoms with Crippen LogP contribution in [0.5, 0.6) is 0 Å². The van der Waals surface area contributed by atoms with Crippen LogP contribution >= 0.6 is 0 Å². The molecule has 0 aromatic heterocycles. The third-order valence-corrected chi connectivity index (χ3v) is 5.40. The van der Waals surface area contributed by atoms with Gasteiger partial charge in [-0.15, -0.1) is 0 Å². The quantitative estimate of drug-likeness (QED) is 0.724. The van der Waals surface area contributed by atoms with E-state index in [0.717, 1.165) is 6.04 Å². The number of likely N-dealkylation sites (tertiary alicyclic amines) is 1. The Hall–Kier alpha value is -0.120. The lowest BCUT2D eigenvalue weighted by Crippen LogP contribution is -2.50. The number of piperidine rings is 1. The lowest BCUT2D eigenvalue weighted by Gasteiger charge is -2.41. The Balaban J connectivity index is 1.86. The summed E-state index contributed by atoms with van der Waals surface area (Å²) in [5, 5.41) is 3.70. The van der Waals surface area contributed by atoms with Gasteiger partial charge in [0.2, 0.25) is 0 Å². The van der Waals surface area contributed by atoms with E-state index in [1.807, 2.05) is 0 Å². The Bertz CT molecular complexity index is 273. The van der Waals surface area contributed by atoms with Gasteiger partial charge in [-0.3, -0.25) is 0 Å². The Kier molecular flexibility index (Phi) is 6.31. The number of rotatable bonds is 7. The number of hydrogen-bond donors (Lipinski definition) is 1. The predicted molar refractivity (Wildman–Crippen MR) is 87.2 cm³/mol. The van der Waals surface area contributed by atoms with Crippen molar-refractivity contribution in [3.05, 3.63) is 0 Å². The van der Waals surface area contributed by atoms with Crippen molar-refractivity contribution in [1.82, 2.24) is 15.1 Å². The second-order valence-corrected chi connectivity index (χ2v) is 7.36. The zero-order chi connectivity index (χ0) is 14.4. The van der Waals surface area contributed by atoms with Gasteiger partial charge in [0.25, 0.3) is 0 Å². The molecule has 0 aromatic rings. The normalized spacial score (nSPS) is 27.3. The summed E-state index contributed by atoms with van der Waals surface area (Å²) in [5.74, 6) is 0. The topological polar surface area (TPSA) is 18.5 Å². The monoisotopic (exact) mass is 281 g/mol. The van der Waals surface area contributed by atoms with Crippen molar-refractivity contribution in [2.75, 3.05) is 46.8 Å². The third-order valence-electron chi connectivity index (χ3n) is 5.40. The van der Waals surface area contributed by atoms with E-state index in [9.17, 15) is 0 Å². The molecule has 3 heteroatoms. The Morgan fingerprint density at radius 2 is 2.00 bits per heavy atom. The zero-order valence-electron chi connectivity index (χ0n) is 14.0. The van der Waals surface area contributed by atoms with Crippen molar-refractivity contribution < 1.29 is 0 Å². The molecule has 20 heavy (non-hydrogen) atoms. The molecule has 1 unspecified atom stereocenters. The lowest BCUT2D eigenvalue weighted by atomic mass is 9.84. The van der Waals surface area contributed by atoms with E-state index in [2.05, 4.69) is 36.1 Å². The molecule has 1 aliphatic heterocycles. The summed E-state index contributed by atoms with van der Waals surface area (Å²) in [6.45, 7) is 8.51. The van der Waals surface area contributed by atoms with E-state index in [1.54, 1.807) is 0 Å². The standard InChI is InChI=1S/C17H35N3/c1-4-11-18-14-17(9-5-6-10-17)15-20(3)16-8-7-12-19(2)13-16/h16,18H,4-15H2,1-3H3. The second kappa shape index (κ2) is 7.77. The highest BCUT2D eigenvalue weighted by atomic mass is 15.2. The van der Waals surface area contributed by atoms with Gasteiger partial charge in [0.1, 0.15) is 0 Å². The van der Waals surface area contributed by atoms with Gasteiger partial charge in [-0.05, 0) is 64.7 Å². The summed E-state index contributed by atoms with van der Waals surface area (Å²) in [7, 11) is 4.64. The van der Waals surface area contributed by atoms with Crippen molar-refractivity contribution in [2.45, 2.75) is 57.9 Å². The number of hydrogen-bond acceptors (Lipinski definition) is 3. The van der Waals surface area contributed by atoms with Gasteiger partial charge >= 0.3 is 0 Å². The first-order chi connectivity index (χ1) is 9.65. The molecule has 0 aromatic carbocycles. The van der Waals surface area contributed by atoms with Crippen LogP contribution in [0.4, 0.5) is 0 Å². The maximum Gasteiger partial charge on any atom is 0.0220 e. The largest absolute Gasteiger partial charge is 0.316 e. The van der Waals surface area contributed by atoms with Crippen molar-refractivity contribution in [3.63, 3.8) is 0 Å². The highest BCUT2D eigenvalue weighted by Crippen LogP contribution is 2.38. The molecule has 1 heterocycles. The summed E-state index contributed by atoms with van der Waals surface area (Å²) >= 11 is 0. The van der Waals surface area contributed by atoms with Gasteiger partial charge in [-0.25, -0.2) is 0 Å². The molecule has 3 nitrogen and oxygen atoms in total. The number of nitrogens with one attached hydrogen (secondary N) is 1. The van der Waals surface area contributed by atoms with Crippen LogP contribution in [0.25, 0.3) is 0 Å². The molecule has 1 aliphatic carbocycles. The van der Waals surface area contributed by atoms with Gasteiger partial charge in [0.05, 0.1) is 0 Å². The van der Waals surface area contributed by atoms with E-state index in [4.69, 9.17) is 0 Å². The SMILES string of the molecule is CCCNCC1(CN(C)C2CCCN(C)C2)CCCC1. The van der Waals surface area contributed by atoms with E-state index < -0.39 is 0 Å². The Morgan fingerprint density at radius 3 is 2.65 bits per heavy atom. The summed E-state index contributed by atoms with van der Waals surface area (Å²) < 4.78 is 0. The van der Waals surface area contributed by atoms with Crippen LogP contribution in [-0.2, 0) is 0 Å². The first-order valence-electron chi connectivity index (χ1n) is 8.75. The van der Waals surface area contributed by atoms with Crippen LogP contribution in [0.15, 0.2) is 0 Å². The maximum absolute atomic E-state index is 3.70. The Labute approximate surface area is 126 Å². The molecule has 2 fully saturated rings. The fourth-order valence-electron chi connectivity index (χ4n) is 4.20. The number of likely N-dealkylation sites (N-methyl/N-ethyl adjacent to an activating group) is 2. The van der Waals surface area contributed by atoms with E-state index in [-0.39, 0.29) is 0 Å². The minimum absolute atomic E-state index is 0.555. The first kappa shape index (κ1) is 16.3. The minimum Gasteiger partial charge on any atom is -0.316 e. The van der Waals surface area contributed by atoms with E-state index in [1.165, 1.54) is 77.7 Å². The average Bonchev–Trinajstić information content (AvgIpc) is 2.88. The predicted octanol–water partition coefficient (Wildman–Crippen LogP) is 2.57. The van der Waals surface area contributed by atoms with Gasteiger partial charge in [0, 0.05) is 25.7 Å². The summed E-state index contributed by atoms with van der Waals surface area (Å²) in [6.07, 6.45) is 9.73. The molecule has 0 amide bonds. The number of nitrogens with zero attached hydrogens (tertiary/aromatic N) is 2. The van der Waals surface area contributed by atoms with Crippen LogP contribution in [-0.4, -0.2) is 62.7 Å². The molecule has 2 aliphatic rings. The Morgan fingerprint density at radius 1 is 1.25 bits per heavy atom. The fraction of sp³-hybridized carbons (Fsp3) is 1.00. The highest BCUT2D eigenvalue weighted by Gasteiger charge is 2.36. The second-order valence-electron chi connectivity index (χ2n) is 7.36. The average molecular weight is 281 g/mol. The maximum atomic E-state index is 3.70. The van der Waals surface area contributed by atoms with Crippen LogP contribution in [0.2, 0.25) is 0 Å². The molecule has 2 rings (SSSR count). The molecule has 0 bridgehead atoms. The van der Waals surface area contributed by atoms with Gasteiger partial charge in [-0.2, -0.15) is 0 Å². The van der Waals surface area contributed by atoms with Crippen molar-refractivity contribution in [2.24, 2.45) is 5.41 Å². The summed E-state index contributed by atoms with van der Waals surface area (Å²) in [4.78, 5) is 5.18. The van der Waals surface area contributed by atoms with Crippen LogP contribution < -0.4 is 5.32 Å². The van der Waals surface area contributed by atoms with E-state index in [0.29, 0.717) is 5.41 Å². The van der Waals surface area contributed by atoms with E-state index >= 15 is 0 Å². The molecule has 1 N–H and O–H groups in total. The van der Waals surface area contributed by atoms with Crippen LogP contribution in [0, 0.1) is 5.41 Å². The smallest absolute Gasteiger partial charge is 0.0220 e.